The third-order valence-electron chi connectivity index (χ3n) is 7.93. The molecule has 0 bridgehead atoms. The number of hydrogen-bond acceptors (Lipinski definition) is 4. The van der Waals surface area contributed by atoms with Gasteiger partial charge in [-0.05, 0) is 61.7 Å². The van der Waals surface area contributed by atoms with Crippen LogP contribution in [-0.4, -0.2) is 31.5 Å². The molecule has 0 radical (unpaired) electrons. The van der Waals surface area contributed by atoms with Gasteiger partial charge in [-0.1, -0.05) is 65.5 Å². The lowest BCUT2D eigenvalue weighted by atomic mass is 9.88. The maximum atomic E-state index is 13.8. The number of aromatic carboxylic acids is 1. The normalized spacial score (nSPS) is 14.4. The maximum absolute atomic E-state index is 13.8. The van der Waals surface area contributed by atoms with Gasteiger partial charge in [0, 0.05) is 39.1 Å². The summed E-state index contributed by atoms with van der Waals surface area (Å²) in [5, 5.41) is 15.6. The zero-order valence-corrected chi connectivity index (χ0v) is 23.8. The summed E-state index contributed by atoms with van der Waals surface area (Å²) in [6.07, 6.45) is 7.26. The zero-order chi connectivity index (χ0) is 27.8. The lowest BCUT2D eigenvalue weighted by Crippen LogP contribution is -2.25. The van der Waals surface area contributed by atoms with Gasteiger partial charge in [0.15, 0.2) is 0 Å². The van der Waals surface area contributed by atoms with Crippen LogP contribution in [0.5, 0.6) is 0 Å². The molecular formula is C32H29BrN4O3. The molecule has 0 spiro atoms. The second-order valence-electron chi connectivity index (χ2n) is 10.4. The van der Waals surface area contributed by atoms with E-state index in [0.29, 0.717) is 17.4 Å². The van der Waals surface area contributed by atoms with Gasteiger partial charge in [0.1, 0.15) is 5.82 Å². The summed E-state index contributed by atoms with van der Waals surface area (Å²) in [5.74, 6) is -0.00966. The van der Waals surface area contributed by atoms with Gasteiger partial charge in [-0.25, -0.2) is 9.78 Å². The first-order valence-electron chi connectivity index (χ1n) is 13.6. The highest BCUT2D eigenvalue weighted by atomic mass is 79.9. The van der Waals surface area contributed by atoms with E-state index in [9.17, 15) is 14.7 Å². The van der Waals surface area contributed by atoms with E-state index in [0.717, 1.165) is 63.7 Å². The Morgan fingerprint density at radius 3 is 2.55 bits per heavy atom. The SMILES string of the molecule is Cc1c(C=Nn2c(C3CCCCC3)nc3ccc(Br)cc3c2=O)c2ccccc2n1Cc1ccc(C(=O)O)cc1. The molecule has 0 unspecified atom stereocenters. The van der Waals surface area contributed by atoms with E-state index in [4.69, 9.17) is 10.1 Å². The number of para-hydroxylation sites is 1. The van der Waals surface area contributed by atoms with Crippen LogP contribution in [0.2, 0.25) is 0 Å². The van der Waals surface area contributed by atoms with Crippen molar-refractivity contribution in [2.75, 3.05) is 0 Å². The third kappa shape index (κ3) is 4.88. The van der Waals surface area contributed by atoms with Crippen molar-refractivity contribution in [1.29, 1.82) is 0 Å². The van der Waals surface area contributed by atoms with Gasteiger partial charge in [0.2, 0.25) is 0 Å². The molecule has 3 aromatic carbocycles. The smallest absolute Gasteiger partial charge is 0.335 e. The average Bonchev–Trinajstić information content (AvgIpc) is 3.23. The summed E-state index contributed by atoms with van der Waals surface area (Å²) in [7, 11) is 0. The van der Waals surface area contributed by atoms with E-state index in [1.54, 1.807) is 18.3 Å². The number of rotatable bonds is 6. The molecule has 0 aliphatic heterocycles. The van der Waals surface area contributed by atoms with Crippen molar-refractivity contribution in [2.24, 2.45) is 5.10 Å². The molecule has 8 heteroatoms. The first kappa shape index (κ1) is 26.2. The molecule has 0 saturated heterocycles. The molecule has 1 saturated carbocycles. The monoisotopic (exact) mass is 596 g/mol. The van der Waals surface area contributed by atoms with Gasteiger partial charge >= 0.3 is 5.97 Å². The Kier molecular flexibility index (Phi) is 7.11. The highest BCUT2D eigenvalue weighted by Gasteiger charge is 2.23. The summed E-state index contributed by atoms with van der Waals surface area (Å²) in [5.41, 5.74) is 4.79. The summed E-state index contributed by atoms with van der Waals surface area (Å²) >= 11 is 3.49. The van der Waals surface area contributed by atoms with Crippen LogP contribution >= 0.6 is 15.9 Å². The first-order chi connectivity index (χ1) is 19.4. The number of carbonyl (C=O) groups is 1. The number of carboxylic acid groups (broad SMARTS) is 1. The molecular weight excluding hydrogens is 568 g/mol. The lowest BCUT2D eigenvalue weighted by Gasteiger charge is -2.22. The van der Waals surface area contributed by atoms with Crippen LogP contribution in [0.4, 0.5) is 0 Å². The molecule has 1 N–H and O–H groups in total. The standard InChI is InChI=1S/C32H29BrN4O3/c1-20-27(25-9-5-6-10-29(25)36(20)19-21-11-13-23(14-12-21)32(39)40)18-34-37-30(22-7-3-2-4-8-22)35-28-16-15-24(33)17-26(28)31(37)38/h5-6,9-18,22H,2-4,7-8,19H2,1H3,(H,39,40). The molecule has 6 rings (SSSR count). The van der Waals surface area contributed by atoms with E-state index in [2.05, 4.69) is 32.6 Å². The van der Waals surface area contributed by atoms with Crippen LogP contribution in [0.3, 0.4) is 0 Å². The Bertz CT molecular complexity index is 1830. The van der Waals surface area contributed by atoms with Crippen molar-refractivity contribution in [1.82, 2.24) is 14.2 Å². The molecule has 202 valence electrons. The predicted molar refractivity (Wildman–Crippen MR) is 162 cm³/mol. The molecule has 40 heavy (non-hydrogen) atoms. The highest BCUT2D eigenvalue weighted by Crippen LogP contribution is 2.32. The quantitative estimate of drug-likeness (QED) is 0.212. The number of carboxylic acids is 1. The van der Waals surface area contributed by atoms with Crippen LogP contribution in [0, 0.1) is 6.92 Å². The van der Waals surface area contributed by atoms with Gasteiger partial charge < -0.3 is 9.67 Å². The van der Waals surface area contributed by atoms with Gasteiger partial charge in [-0.3, -0.25) is 4.79 Å². The number of benzene rings is 3. The number of nitrogens with zero attached hydrogens (tertiary/aromatic N) is 4. The van der Waals surface area contributed by atoms with E-state index in [1.165, 1.54) is 11.1 Å². The third-order valence-corrected chi connectivity index (χ3v) is 8.42. The zero-order valence-electron chi connectivity index (χ0n) is 22.2. The van der Waals surface area contributed by atoms with Gasteiger partial charge in [0.25, 0.3) is 5.56 Å². The number of aromatic nitrogens is 3. The summed E-state index contributed by atoms with van der Waals surface area (Å²) in [6, 6.07) is 20.7. The van der Waals surface area contributed by atoms with Crippen LogP contribution in [0.1, 0.15) is 71.0 Å². The second kappa shape index (κ2) is 10.8. The van der Waals surface area contributed by atoms with Crippen molar-refractivity contribution in [2.45, 2.75) is 51.5 Å². The fraction of sp³-hybridized carbons (Fsp3) is 0.250. The Morgan fingerprint density at radius 1 is 1.05 bits per heavy atom. The maximum Gasteiger partial charge on any atom is 0.335 e. The van der Waals surface area contributed by atoms with Crippen LogP contribution in [0.15, 0.2) is 81.1 Å². The number of hydrogen-bond donors (Lipinski definition) is 1. The van der Waals surface area contributed by atoms with Crippen LogP contribution in [-0.2, 0) is 6.54 Å². The second-order valence-corrected chi connectivity index (χ2v) is 11.3. The minimum Gasteiger partial charge on any atom is -0.478 e. The van der Waals surface area contributed by atoms with Crippen molar-refractivity contribution in [3.8, 4) is 0 Å². The predicted octanol–water partition coefficient (Wildman–Crippen LogP) is 7.10. The molecule has 5 aromatic rings. The summed E-state index contributed by atoms with van der Waals surface area (Å²) in [6.45, 7) is 2.63. The van der Waals surface area contributed by atoms with E-state index in [1.807, 2.05) is 49.4 Å². The fourth-order valence-corrected chi connectivity index (χ4v) is 6.14. The largest absolute Gasteiger partial charge is 0.478 e. The summed E-state index contributed by atoms with van der Waals surface area (Å²) in [4.78, 5) is 30.0. The van der Waals surface area contributed by atoms with Crippen LogP contribution < -0.4 is 5.56 Å². The molecule has 2 aromatic heterocycles. The van der Waals surface area contributed by atoms with E-state index < -0.39 is 5.97 Å². The lowest BCUT2D eigenvalue weighted by molar-refractivity contribution is 0.0697. The van der Waals surface area contributed by atoms with Crippen molar-refractivity contribution < 1.29 is 9.90 Å². The van der Waals surface area contributed by atoms with Gasteiger partial charge in [-0.15, -0.1) is 0 Å². The molecule has 1 aliphatic carbocycles. The van der Waals surface area contributed by atoms with Crippen molar-refractivity contribution in [3.05, 3.63) is 110 Å². The minimum absolute atomic E-state index is 0.164. The van der Waals surface area contributed by atoms with E-state index in [-0.39, 0.29) is 17.0 Å². The van der Waals surface area contributed by atoms with Crippen molar-refractivity contribution >= 4 is 49.9 Å². The van der Waals surface area contributed by atoms with Gasteiger partial charge in [-0.2, -0.15) is 9.78 Å². The first-order valence-corrected chi connectivity index (χ1v) is 14.4. The fourth-order valence-electron chi connectivity index (χ4n) is 5.78. The molecule has 1 aliphatic rings. The number of fused-ring (bicyclic) bond motifs is 2. The Hall–Kier alpha value is -4.04. The summed E-state index contributed by atoms with van der Waals surface area (Å²) < 4.78 is 4.55. The minimum atomic E-state index is -0.939. The topological polar surface area (TPSA) is 89.5 Å². The molecule has 2 heterocycles. The van der Waals surface area contributed by atoms with Crippen LogP contribution in [0.25, 0.3) is 21.8 Å². The Morgan fingerprint density at radius 2 is 1.80 bits per heavy atom. The Labute approximate surface area is 239 Å². The van der Waals surface area contributed by atoms with Crippen molar-refractivity contribution in [3.63, 3.8) is 0 Å². The molecule has 1 fully saturated rings. The average molecular weight is 598 g/mol. The highest BCUT2D eigenvalue weighted by molar-refractivity contribution is 9.10. The number of halogens is 1. The molecule has 0 amide bonds. The Balaban J connectivity index is 1.46. The molecule has 7 nitrogen and oxygen atoms in total. The van der Waals surface area contributed by atoms with E-state index >= 15 is 0 Å². The van der Waals surface area contributed by atoms with Gasteiger partial charge in [0.05, 0.1) is 22.7 Å². The molecule has 0 atom stereocenters.